The second-order valence-corrected chi connectivity index (χ2v) is 4.16. The van der Waals surface area contributed by atoms with Gasteiger partial charge in [0.05, 0.1) is 19.8 Å². The highest BCUT2D eigenvalue weighted by atomic mass is 16.7. The van der Waals surface area contributed by atoms with E-state index in [1.807, 2.05) is 30.3 Å². The maximum absolute atomic E-state index is 8.72. The Morgan fingerprint density at radius 3 is 2.75 bits per heavy atom. The Morgan fingerprint density at radius 1 is 1.30 bits per heavy atom. The molecule has 20 heavy (non-hydrogen) atoms. The average molecular weight is 270 g/mol. The molecule has 1 saturated heterocycles. The van der Waals surface area contributed by atoms with E-state index in [0.717, 1.165) is 5.56 Å². The van der Waals surface area contributed by atoms with Crippen molar-refractivity contribution in [1.82, 2.24) is 0 Å². The molecule has 0 aliphatic carbocycles. The molecule has 1 aromatic rings. The molecule has 0 atom stereocenters. The van der Waals surface area contributed by atoms with E-state index in [1.54, 1.807) is 6.07 Å². The standard InChI is InChI=1S/C15H14N2O3/c16-10-13(11-17)8-12-2-1-3-14(9-12)18-5-4-15-19-6-7-20-15/h1-3,8-9,15H,4-7H2. The minimum Gasteiger partial charge on any atom is -0.493 e. The van der Waals surface area contributed by atoms with E-state index in [9.17, 15) is 0 Å². The third-order valence-electron chi connectivity index (χ3n) is 2.72. The molecule has 0 N–H and O–H groups in total. The topological polar surface area (TPSA) is 75.3 Å². The molecular formula is C15H14N2O3. The Bertz CT molecular complexity index is 547. The summed E-state index contributed by atoms with van der Waals surface area (Å²) < 4.78 is 16.2. The lowest BCUT2D eigenvalue weighted by molar-refractivity contribution is -0.0531. The van der Waals surface area contributed by atoms with E-state index in [0.29, 0.717) is 32.0 Å². The zero-order valence-corrected chi connectivity index (χ0v) is 10.9. The first-order valence-electron chi connectivity index (χ1n) is 6.30. The van der Waals surface area contributed by atoms with E-state index < -0.39 is 0 Å². The van der Waals surface area contributed by atoms with Crippen LogP contribution >= 0.6 is 0 Å². The van der Waals surface area contributed by atoms with Crippen LogP contribution < -0.4 is 4.74 Å². The van der Waals surface area contributed by atoms with Gasteiger partial charge in [0.2, 0.25) is 0 Å². The Kier molecular flexibility index (Phi) is 5.14. The molecule has 0 amide bonds. The third kappa shape index (κ3) is 4.10. The summed E-state index contributed by atoms with van der Waals surface area (Å²) >= 11 is 0. The van der Waals surface area contributed by atoms with Crippen LogP contribution in [0.2, 0.25) is 0 Å². The molecule has 0 saturated carbocycles. The van der Waals surface area contributed by atoms with Gasteiger partial charge in [-0.3, -0.25) is 0 Å². The first-order chi connectivity index (χ1) is 9.81. The van der Waals surface area contributed by atoms with Gasteiger partial charge in [-0.05, 0) is 23.8 Å². The molecule has 0 spiro atoms. The van der Waals surface area contributed by atoms with E-state index in [-0.39, 0.29) is 11.9 Å². The maximum atomic E-state index is 8.72. The number of benzene rings is 1. The van der Waals surface area contributed by atoms with Crippen molar-refractivity contribution in [3.05, 3.63) is 35.4 Å². The van der Waals surface area contributed by atoms with Crippen LogP contribution in [0.25, 0.3) is 6.08 Å². The first-order valence-corrected chi connectivity index (χ1v) is 6.30. The molecule has 0 unspecified atom stereocenters. The van der Waals surface area contributed by atoms with E-state index in [4.69, 9.17) is 24.7 Å². The number of allylic oxidation sites excluding steroid dienone is 1. The van der Waals surface area contributed by atoms with Crippen LogP contribution in [0.3, 0.4) is 0 Å². The molecule has 0 radical (unpaired) electrons. The molecule has 5 nitrogen and oxygen atoms in total. The molecule has 1 aliphatic rings. The van der Waals surface area contributed by atoms with Gasteiger partial charge in [-0.25, -0.2) is 0 Å². The SMILES string of the molecule is N#CC(C#N)=Cc1cccc(OCCC2OCCO2)c1. The van der Waals surface area contributed by atoms with Crippen molar-refractivity contribution < 1.29 is 14.2 Å². The summed E-state index contributed by atoms with van der Waals surface area (Å²) in [5.74, 6) is 0.687. The fourth-order valence-electron chi connectivity index (χ4n) is 1.80. The predicted molar refractivity (Wildman–Crippen MR) is 71.4 cm³/mol. The summed E-state index contributed by atoms with van der Waals surface area (Å²) in [5, 5.41) is 17.4. The highest BCUT2D eigenvalue weighted by molar-refractivity contribution is 5.62. The summed E-state index contributed by atoms with van der Waals surface area (Å²) in [5.41, 5.74) is 0.823. The summed E-state index contributed by atoms with van der Waals surface area (Å²) in [6.45, 7) is 1.76. The highest BCUT2D eigenvalue weighted by Crippen LogP contribution is 2.17. The van der Waals surface area contributed by atoms with E-state index >= 15 is 0 Å². The number of hydrogen-bond acceptors (Lipinski definition) is 5. The summed E-state index contributed by atoms with van der Waals surface area (Å²) in [6, 6.07) is 10.9. The van der Waals surface area contributed by atoms with Crippen molar-refractivity contribution in [2.75, 3.05) is 19.8 Å². The molecule has 0 aromatic heterocycles. The van der Waals surface area contributed by atoms with Crippen molar-refractivity contribution in [2.45, 2.75) is 12.7 Å². The van der Waals surface area contributed by atoms with Gasteiger partial charge in [-0.1, -0.05) is 12.1 Å². The molecule has 2 rings (SSSR count). The fourth-order valence-corrected chi connectivity index (χ4v) is 1.80. The highest BCUT2D eigenvalue weighted by Gasteiger charge is 2.15. The minimum atomic E-state index is -0.179. The van der Waals surface area contributed by atoms with Crippen molar-refractivity contribution in [1.29, 1.82) is 10.5 Å². The van der Waals surface area contributed by atoms with Gasteiger partial charge >= 0.3 is 0 Å². The molecule has 102 valence electrons. The monoisotopic (exact) mass is 270 g/mol. The van der Waals surface area contributed by atoms with Gasteiger partial charge in [-0.2, -0.15) is 10.5 Å². The van der Waals surface area contributed by atoms with Gasteiger partial charge in [-0.15, -0.1) is 0 Å². The van der Waals surface area contributed by atoms with Crippen LogP contribution in [0.15, 0.2) is 29.8 Å². The van der Waals surface area contributed by atoms with Crippen LogP contribution in [0.4, 0.5) is 0 Å². The predicted octanol–water partition coefficient (Wildman–Crippen LogP) is 2.26. The van der Waals surface area contributed by atoms with Crippen LogP contribution in [0.1, 0.15) is 12.0 Å². The second-order valence-electron chi connectivity index (χ2n) is 4.16. The third-order valence-corrected chi connectivity index (χ3v) is 2.72. The normalized spacial score (nSPS) is 14.3. The van der Waals surface area contributed by atoms with Gasteiger partial charge in [0.1, 0.15) is 23.5 Å². The van der Waals surface area contributed by atoms with E-state index in [1.165, 1.54) is 6.08 Å². The maximum Gasteiger partial charge on any atom is 0.161 e. The zero-order valence-electron chi connectivity index (χ0n) is 10.9. The second kappa shape index (κ2) is 7.30. The van der Waals surface area contributed by atoms with Crippen molar-refractivity contribution >= 4 is 6.08 Å². The number of ether oxygens (including phenoxy) is 3. The number of nitriles is 2. The largest absolute Gasteiger partial charge is 0.493 e. The van der Waals surface area contributed by atoms with Crippen molar-refractivity contribution in [3.8, 4) is 17.9 Å². The van der Waals surface area contributed by atoms with Crippen LogP contribution in [-0.2, 0) is 9.47 Å². The summed E-state index contributed by atoms with van der Waals surface area (Å²) in [7, 11) is 0. The lowest BCUT2D eigenvalue weighted by Gasteiger charge is -2.10. The molecule has 5 heteroatoms. The Labute approximate surface area is 117 Å². The van der Waals surface area contributed by atoms with Crippen molar-refractivity contribution in [3.63, 3.8) is 0 Å². The summed E-state index contributed by atoms with van der Waals surface area (Å²) in [6.07, 6.45) is 2.01. The fraction of sp³-hybridized carbons (Fsp3) is 0.333. The van der Waals surface area contributed by atoms with Crippen molar-refractivity contribution in [2.24, 2.45) is 0 Å². The first kappa shape index (κ1) is 14.1. The lowest BCUT2D eigenvalue weighted by atomic mass is 10.1. The molecule has 1 heterocycles. The molecular weight excluding hydrogens is 256 g/mol. The average Bonchev–Trinajstić information content (AvgIpc) is 2.98. The van der Waals surface area contributed by atoms with Crippen LogP contribution in [-0.4, -0.2) is 26.1 Å². The molecule has 0 bridgehead atoms. The quantitative estimate of drug-likeness (QED) is 0.767. The summed E-state index contributed by atoms with van der Waals surface area (Å²) in [4.78, 5) is 0. The Morgan fingerprint density at radius 2 is 2.05 bits per heavy atom. The lowest BCUT2D eigenvalue weighted by Crippen LogP contribution is -2.12. The van der Waals surface area contributed by atoms with Gasteiger partial charge in [0.25, 0.3) is 0 Å². The molecule has 1 aliphatic heterocycles. The molecule has 1 aromatic carbocycles. The van der Waals surface area contributed by atoms with Gasteiger partial charge in [0.15, 0.2) is 6.29 Å². The number of hydrogen-bond donors (Lipinski definition) is 0. The molecule has 1 fully saturated rings. The van der Waals surface area contributed by atoms with Gasteiger partial charge < -0.3 is 14.2 Å². The van der Waals surface area contributed by atoms with Crippen LogP contribution in [0, 0.1) is 22.7 Å². The zero-order chi connectivity index (χ0) is 14.2. The van der Waals surface area contributed by atoms with E-state index in [2.05, 4.69) is 0 Å². The number of rotatable bonds is 5. The van der Waals surface area contributed by atoms with Gasteiger partial charge in [0, 0.05) is 6.42 Å². The minimum absolute atomic E-state index is 0.0647. The smallest absolute Gasteiger partial charge is 0.161 e. The van der Waals surface area contributed by atoms with Crippen LogP contribution in [0.5, 0.6) is 5.75 Å². The Hall–Kier alpha value is -2.34. The Balaban J connectivity index is 1.91. The number of nitrogens with zero attached hydrogens (tertiary/aromatic N) is 2.